The highest BCUT2D eigenvalue weighted by Crippen LogP contribution is 2.24. The van der Waals surface area contributed by atoms with Gasteiger partial charge in [0.1, 0.15) is 5.56 Å². The number of nitro groups is 1. The number of benzene rings is 1. The zero-order valence-corrected chi connectivity index (χ0v) is 14.0. The molecule has 7 nitrogen and oxygen atoms in total. The summed E-state index contributed by atoms with van der Waals surface area (Å²) in [6, 6.07) is 3.73. The number of carbonyl (C=O) groups is 2. The molecule has 0 unspecified atom stereocenters. The second-order valence-corrected chi connectivity index (χ2v) is 6.46. The van der Waals surface area contributed by atoms with Crippen LogP contribution in [0.4, 0.5) is 5.69 Å². The number of nitrogens with one attached hydrogen (secondary N) is 1. The van der Waals surface area contributed by atoms with Crippen LogP contribution in [0.2, 0.25) is 5.02 Å². The quantitative estimate of drug-likeness (QED) is 0.497. The van der Waals surface area contributed by atoms with Gasteiger partial charge >= 0.3 is 5.97 Å². The summed E-state index contributed by atoms with van der Waals surface area (Å²) in [5, 5.41) is 13.9. The maximum absolute atomic E-state index is 12.0. The van der Waals surface area contributed by atoms with Crippen LogP contribution < -0.4 is 5.32 Å². The zero-order valence-electron chi connectivity index (χ0n) is 13.3. The van der Waals surface area contributed by atoms with Crippen molar-refractivity contribution in [3.63, 3.8) is 0 Å². The molecular weight excluding hydrogens is 336 g/mol. The van der Waals surface area contributed by atoms with Crippen molar-refractivity contribution in [3.05, 3.63) is 38.9 Å². The van der Waals surface area contributed by atoms with Crippen LogP contribution in [0.5, 0.6) is 0 Å². The minimum atomic E-state index is -0.925. The lowest BCUT2D eigenvalue weighted by atomic mass is 9.87. The standard InChI is InChI=1S/C16H19ClN2O5/c1-10-2-5-12(6-3-10)18-15(20)9-24-16(21)13-7-4-11(17)8-14(13)19(22)23/h4,7-8,10,12H,2-3,5-6,9H2,1H3,(H,18,20). The molecule has 1 saturated carbocycles. The van der Waals surface area contributed by atoms with Crippen LogP contribution in [0.25, 0.3) is 0 Å². The number of rotatable bonds is 5. The fraction of sp³-hybridized carbons (Fsp3) is 0.500. The molecule has 1 aromatic rings. The van der Waals surface area contributed by atoms with E-state index in [2.05, 4.69) is 12.2 Å². The highest BCUT2D eigenvalue weighted by atomic mass is 35.5. The SMILES string of the molecule is CC1CCC(NC(=O)COC(=O)c2ccc(Cl)cc2[N+](=O)[O-])CC1. The van der Waals surface area contributed by atoms with Crippen molar-refractivity contribution >= 4 is 29.2 Å². The highest BCUT2D eigenvalue weighted by molar-refractivity contribution is 6.31. The molecule has 0 heterocycles. The molecular formula is C16H19ClN2O5. The van der Waals surface area contributed by atoms with Gasteiger partial charge in [-0.15, -0.1) is 0 Å². The van der Waals surface area contributed by atoms with E-state index in [1.165, 1.54) is 12.1 Å². The van der Waals surface area contributed by atoms with Crippen LogP contribution in [-0.2, 0) is 9.53 Å². The van der Waals surface area contributed by atoms with Crippen molar-refractivity contribution in [1.82, 2.24) is 5.32 Å². The van der Waals surface area contributed by atoms with Gasteiger partial charge in [-0.25, -0.2) is 4.79 Å². The van der Waals surface area contributed by atoms with Gasteiger partial charge in [0, 0.05) is 17.1 Å². The van der Waals surface area contributed by atoms with E-state index in [-0.39, 0.29) is 16.6 Å². The first-order chi connectivity index (χ1) is 11.4. The van der Waals surface area contributed by atoms with Crippen molar-refractivity contribution in [2.75, 3.05) is 6.61 Å². The lowest BCUT2D eigenvalue weighted by Gasteiger charge is -2.26. The predicted octanol–water partition coefficient (Wildman–Crippen LogP) is 3.10. The summed E-state index contributed by atoms with van der Waals surface area (Å²) < 4.78 is 4.88. The van der Waals surface area contributed by atoms with Crippen molar-refractivity contribution in [3.8, 4) is 0 Å². The van der Waals surface area contributed by atoms with Crippen molar-refractivity contribution < 1.29 is 19.2 Å². The molecule has 1 aliphatic rings. The van der Waals surface area contributed by atoms with Gasteiger partial charge in [0.05, 0.1) is 4.92 Å². The Balaban J connectivity index is 1.89. The third-order valence-electron chi connectivity index (χ3n) is 4.09. The molecule has 1 amide bonds. The Morgan fingerprint density at radius 3 is 2.62 bits per heavy atom. The Morgan fingerprint density at radius 1 is 1.33 bits per heavy atom. The van der Waals surface area contributed by atoms with Gasteiger partial charge < -0.3 is 10.1 Å². The molecule has 2 rings (SSSR count). The Morgan fingerprint density at radius 2 is 2.00 bits per heavy atom. The van der Waals surface area contributed by atoms with Crippen molar-refractivity contribution in [2.45, 2.75) is 38.6 Å². The molecule has 0 aromatic heterocycles. The molecule has 130 valence electrons. The number of amides is 1. The first-order valence-corrected chi connectivity index (χ1v) is 8.15. The highest BCUT2D eigenvalue weighted by Gasteiger charge is 2.24. The first kappa shape index (κ1) is 18.2. The monoisotopic (exact) mass is 354 g/mol. The lowest BCUT2D eigenvalue weighted by Crippen LogP contribution is -2.39. The number of nitro benzene ring substituents is 1. The fourth-order valence-electron chi connectivity index (χ4n) is 2.71. The molecule has 1 N–H and O–H groups in total. The summed E-state index contributed by atoms with van der Waals surface area (Å²) in [4.78, 5) is 34.1. The molecule has 0 saturated heterocycles. The van der Waals surface area contributed by atoms with Crippen LogP contribution in [-0.4, -0.2) is 29.4 Å². The third kappa shape index (κ3) is 4.92. The Hall–Kier alpha value is -2.15. The second kappa shape index (κ2) is 8.10. The third-order valence-corrected chi connectivity index (χ3v) is 4.33. The molecule has 0 aliphatic heterocycles. The van der Waals surface area contributed by atoms with Crippen LogP contribution in [0.15, 0.2) is 18.2 Å². The van der Waals surface area contributed by atoms with E-state index in [9.17, 15) is 19.7 Å². The first-order valence-electron chi connectivity index (χ1n) is 7.77. The molecule has 0 atom stereocenters. The van der Waals surface area contributed by atoms with Gasteiger partial charge in [-0.2, -0.15) is 0 Å². The topological polar surface area (TPSA) is 98.5 Å². The van der Waals surface area contributed by atoms with E-state index >= 15 is 0 Å². The normalized spacial score (nSPS) is 20.2. The molecule has 0 radical (unpaired) electrons. The van der Waals surface area contributed by atoms with E-state index in [1.807, 2.05) is 0 Å². The average Bonchev–Trinajstić information content (AvgIpc) is 2.54. The molecule has 1 fully saturated rings. The van der Waals surface area contributed by atoms with E-state index in [0.29, 0.717) is 5.92 Å². The summed E-state index contributed by atoms with van der Waals surface area (Å²) >= 11 is 5.69. The molecule has 24 heavy (non-hydrogen) atoms. The summed E-state index contributed by atoms with van der Waals surface area (Å²) in [6.07, 6.45) is 3.93. The number of ether oxygens (including phenoxy) is 1. The number of carbonyl (C=O) groups excluding carboxylic acids is 2. The molecule has 1 aromatic carbocycles. The fourth-order valence-corrected chi connectivity index (χ4v) is 2.88. The number of esters is 1. The maximum atomic E-state index is 12.0. The predicted molar refractivity (Wildman–Crippen MR) is 88.0 cm³/mol. The van der Waals surface area contributed by atoms with Crippen molar-refractivity contribution in [1.29, 1.82) is 0 Å². The van der Waals surface area contributed by atoms with Gasteiger partial charge in [-0.05, 0) is 43.7 Å². The Bertz CT molecular complexity index is 641. The largest absolute Gasteiger partial charge is 0.452 e. The Kier molecular flexibility index (Phi) is 6.14. The van der Waals surface area contributed by atoms with Gasteiger partial charge in [-0.1, -0.05) is 18.5 Å². The number of hydrogen-bond donors (Lipinski definition) is 1. The maximum Gasteiger partial charge on any atom is 0.345 e. The van der Waals surface area contributed by atoms with Gasteiger partial charge in [-0.3, -0.25) is 14.9 Å². The number of nitrogens with zero attached hydrogens (tertiary/aromatic N) is 1. The van der Waals surface area contributed by atoms with Crippen LogP contribution in [0.1, 0.15) is 43.0 Å². The summed E-state index contributed by atoms with van der Waals surface area (Å²) in [6.45, 7) is 1.71. The summed E-state index contributed by atoms with van der Waals surface area (Å²) in [5.41, 5.74) is -0.683. The molecule has 0 spiro atoms. The molecule has 1 aliphatic carbocycles. The summed E-state index contributed by atoms with van der Waals surface area (Å²) in [7, 11) is 0. The van der Waals surface area contributed by atoms with E-state index in [1.54, 1.807) is 0 Å². The average molecular weight is 355 g/mol. The minimum Gasteiger partial charge on any atom is -0.452 e. The van der Waals surface area contributed by atoms with Crippen LogP contribution in [0.3, 0.4) is 0 Å². The number of halogens is 1. The van der Waals surface area contributed by atoms with Gasteiger partial charge in [0.25, 0.3) is 11.6 Å². The van der Waals surface area contributed by atoms with Crippen LogP contribution in [0, 0.1) is 16.0 Å². The van der Waals surface area contributed by atoms with E-state index < -0.39 is 29.1 Å². The van der Waals surface area contributed by atoms with Gasteiger partial charge in [0.15, 0.2) is 6.61 Å². The number of hydrogen-bond acceptors (Lipinski definition) is 5. The Labute approximate surface area is 144 Å². The zero-order chi connectivity index (χ0) is 17.7. The lowest BCUT2D eigenvalue weighted by molar-refractivity contribution is -0.385. The molecule has 8 heteroatoms. The summed E-state index contributed by atoms with van der Waals surface area (Å²) in [5.74, 6) is -0.660. The minimum absolute atomic E-state index is 0.0947. The van der Waals surface area contributed by atoms with E-state index in [4.69, 9.17) is 16.3 Å². The second-order valence-electron chi connectivity index (χ2n) is 6.02. The van der Waals surface area contributed by atoms with Gasteiger partial charge in [0.2, 0.25) is 0 Å². The molecule has 0 bridgehead atoms. The van der Waals surface area contributed by atoms with Crippen molar-refractivity contribution in [2.24, 2.45) is 5.92 Å². The van der Waals surface area contributed by atoms with Crippen LogP contribution >= 0.6 is 11.6 Å². The van der Waals surface area contributed by atoms with E-state index in [0.717, 1.165) is 31.7 Å². The smallest absolute Gasteiger partial charge is 0.345 e.